The fraction of sp³-hybridized carbons (Fsp3) is 0.417. The second kappa shape index (κ2) is 12.3. The monoisotopic (exact) mass is 711 g/mol. The molecule has 13 nitrogen and oxygen atoms in total. The molecule has 40 heavy (non-hydrogen) atoms. The van der Waals surface area contributed by atoms with Gasteiger partial charge in [0.05, 0.1) is 16.0 Å². The molecule has 1 aliphatic heterocycles. The normalized spacial score (nSPS) is 14.2. The SMILES string of the molecule is Cc1cc(OCC2(COc3cc(C(N)=O)cc([N+](=O)[O-])c3Cl)CN(C(=O)OC(C)(C)C)C2)c(Cl)c(N([O-])I=O)c1. The van der Waals surface area contributed by atoms with E-state index in [2.05, 4.69) is 0 Å². The number of aryl methyl sites for hydroxylation is 1. The van der Waals surface area contributed by atoms with Gasteiger partial charge < -0.3 is 33.3 Å². The smallest absolute Gasteiger partial charge is 0.410 e. The van der Waals surface area contributed by atoms with Gasteiger partial charge in [-0.25, -0.2) is 7.86 Å². The minimum atomic E-state index is -2.06. The van der Waals surface area contributed by atoms with E-state index in [1.807, 2.05) is 0 Å². The number of ether oxygens (including phenoxy) is 3. The lowest BCUT2D eigenvalue weighted by atomic mass is 9.81. The van der Waals surface area contributed by atoms with Crippen molar-refractivity contribution >= 4 is 68.0 Å². The van der Waals surface area contributed by atoms with Gasteiger partial charge in [-0.3, -0.25) is 14.9 Å². The Kier molecular flexibility index (Phi) is 9.70. The summed E-state index contributed by atoms with van der Waals surface area (Å²) < 4.78 is 28.8. The maximum Gasteiger partial charge on any atom is 0.410 e. The highest BCUT2D eigenvalue weighted by molar-refractivity contribution is 14.1. The molecule has 0 saturated carbocycles. The highest BCUT2D eigenvalue weighted by atomic mass is 127. The van der Waals surface area contributed by atoms with Crippen molar-refractivity contribution in [1.29, 1.82) is 0 Å². The zero-order valence-corrected chi connectivity index (χ0v) is 25.5. The van der Waals surface area contributed by atoms with Gasteiger partial charge in [-0.15, -0.1) is 0 Å². The van der Waals surface area contributed by atoms with Crippen molar-refractivity contribution in [3.8, 4) is 11.5 Å². The molecule has 218 valence electrons. The number of carbonyl (C=O) groups excluding carboxylic acids is 2. The molecule has 2 N–H and O–H groups in total. The number of nitrogens with two attached hydrogens (primary N) is 1. The summed E-state index contributed by atoms with van der Waals surface area (Å²) >= 11 is 10.5. The minimum Gasteiger partial charge on any atom is -0.748 e. The number of primary amides is 1. The average molecular weight is 712 g/mol. The standard InChI is InChI=1S/C24H26Cl2IN4O9/c1-13-5-15(30(35)27-34)19(25)17(6-13)38-11-24(9-29(10-24)22(33)40-23(2,3)4)12-39-18-8-14(21(28)32)7-16(20(18)26)31(36)37/h5-8H,9-12H2,1-4H3,(H2,28,32)/q-1. The first-order chi connectivity index (χ1) is 18.6. The first kappa shape index (κ1) is 31.6. The summed E-state index contributed by atoms with van der Waals surface area (Å²) in [6.07, 6.45) is -0.565. The lowest BCUT2D eigenvalue weighted by Crippen LogP contribution is -2.64. The highest BCUT2D eigenvalue weighted by Gasteiger charge is 2.48. The Morgan fingerprint density at radius 2 is 1.70 bits per heavy atom. The van der Waals surface area contributed by atoms with Gasteiger partial charge >= 0.3 is 6.09 Å². The number of nitrogens with zero attached hydrogens (tertiary/aromatic N) is 3. The molecular weight excluding hydrogens is 686 g/mol. The number of likely N-dealkylation sites (tertiary alicyclic amines) is 1. The minimum absolute atomic E-state index is 0.00360. The van der Waals surface area contributed by atoms with Crippen molar-refractivity contribution in [2.24, 2.45) is 11.1 Å². The van der Waals surface area contributed by atoms with Gasteiger partial charge in [0.1, 0.15) is 35.3 Å². The molecule has 0 aromatic heterocycles. The molecule has 0 aliphatic carbocycles. The molecule has 2 aromatic carbocycles. The van der Waals surface area contributed by atoms with Crippen LogP contribution in [0.25, 0.3) is 0 Å². The Morgan fingerprint density at radius 3 is 2.20 bits per heavy atom. The van der Waals surface area contributed by atoms with Gasteiger partial charge in [0.25, 0.3) is 27.2 Å². The Hall–Kier alpha value is -2.95. The number of nitro groups is 1. The molecule has 2 amide bonds. The number of nitro benzene ring substituents is 1. The molecule has 0 radical (unpaired) electrons. The number of hydrogen-bond donors (Lipinski definition) is 1. The average Bonchev–Trinajstić information content (AvgIpc) is 2.83. The maximum atomic E-state index is 12.6. The van der Waals surface area contributed by atoms with Gasteiger partial charge in [0.15, 0.2) is 5.02 Å². The van der Waals surface area contributed by atoms with E-state index < -0.39 is 55.1 Å². The van der Waals surface area contributed by atoms with Crippen molar-refractivity contribution < 1.29 is 31.8 Å². The van der Waals surface area contributed by atoms with E-state index in [4.69, 9.17) is 43.1 Å². The van der Waals surface area contributed by atoms with Crippen LogP contribution in [0.3, 0.4) is 0 Å². The third-order valence-electron chi connectivity index (χ3n) is 5.69. The van der Waals surface area contributed by atoms with Gasteiger partial charge in [0, 0.05) is 24.7 Å². The molecule has 0 unspecified atom stereocenters. The third kappa shape index (κ3) is 7.41. The molecule has 1 saturated heterocycles. The molecule has 1 aliphatic rings. The van der Waals surface area contributed by atoms with Crippen molar-refractivity contribution in [2.75, 3.05) is 29.6 Å². The zero-order valence-electron chi connectivity index (χ0n) is 21.9. The fourth-order valence-corrected chi connectivity index (χ4v) is 5.06. The number of hydrogen-bond acceptors (Lipinski definition) is 9. The summed E-state index contributed by atoms with van der Waals surface area (Å²) in [4.78, 5) is 36.4. The van der Waals surface area contributed by atoms with E-state index in [1.165, 1.54) is 17.0 Å². The fourth-order valence-electron chi connectivity index (χ4n) is 3.86. The molecular formula is C24H26Cl2IN4O9-. The summed E-state index contributed by atoms with van der Waals surface area (Å²) in [5, 5.41) is 23.1. The van der Waals surface area contributed by atoms with E-state index in [0.29, 0.717) is 8.84 Å². The van der Waals surface area contributed by atoms with Crippen LogP contribution in [0, 0.1) is 27.7 Å². The van der Waals surface area contributed by atoms with E-state index in [9.17, 15) is 28.0 Å². The van der Waals surface area contributed by atoms with Crippen LogP contribution >= 0.6 is 44.7 Å². The zero-order chi connectivity index (χ0) is 30.0. The number of halogens is 3. The second-order valence-electron chi connectivity index (χ2n) is 10.3. The molecule has 1 heterocycles. The number of rotatable bonds is 10. The molecule has 0 spiro atoms. The quantitative estimate of drug-likeness (QED) is 0.142. The predicted molar refractivity (Wildman–Crippen MR) is 155 cm³/mol. The molecule has 1 fully saturated rings. The highest BCUT2D eigenvalue weighted by Crippen LogP contribution is 2.41. The number of anilines is 1. The van der Waals surface area contributed by atoms with Gasteiger partial charge in [-0.1, -0.05) is 23.2 Å². The largest absolute Gasteiger partial charge is 0.748 e. The second-order valence-corrected chi connectivity index (χ2v) is 12.3. The number of benzene rings is 2. The van der Waals surface area contributed by atoms with Crippen LogP contribution in [0.1, 0.15) is 36.7 Å². The van der Waals surface area contributed by atoms with E-state index in [1.54, 1.807) is 33.8 Å². The first-order valence-corrected chi connectivity index (χ1v) is 14.2. The number of carbonyl (C=O) groups is 2. The lowest BCUT2D eigenvalue weighted by molar-refractivity contribution is -0.384. The Balaban J connectivity index is 1.89. The lowest BCUT2D eigenvalue weighted by Gasteiger charge is -2.49. The van der Waals surface area contributed by atoms with E-state index >= 15 is 0 Å². The molecule has 16 heteroatoms. The summed E-state index contributed by atoms with van der Waals surface area (Å²) in [5.74, 6) is -0.924. The summed E-state index contributed by atoms with van der Waals surface area (Å²) in [6, 6.07) is 5.21. The van der Waals surface area contributed by atoms with Crippen LogP contribution in [0.5, 0.6) is 11.5 Å². The summed E-state index contributed by atoms with van der Waals surface area (Å²) in [5.41, 5.74) is 3.58. The van der Waals surface area contributed by atoms with E-state index in [-0.39, 0.29) is 59.1 Å². The first-order valence-electron chi connectivity index (χ1n) is 11.6. The predicted octanol–water partition coefficient (Wildman–Crippen LogP) is 5.54. The number of amides is 2. The van der Waals surface area contributed by atoms with Gasteiger partial charge in [-0.2, -0.15) is 0 Å². The molecule has 2 aromatic rings. The Bertz CT molecular complexity index is 1350. The third-order valence-corrected chi connectivity index (χ3v) is 7.33. The summed E-state index contributed by atoms with van der Waals surface area (Å²) in [7, 11) is 0. The van der Waals surface area contributed by atoms with Gasteiger partial charge in [0.2, 0.25) is 5.91 Å². The van der Waals surface area contributed by atoms with Crippen molar-refractivity contribution in [3.63, 3.8) is 0 Å². The molecule has 3 rings (SSSR count). The van der Waals surface area contributed by atoms with Crippen molar-refractivity contribution in [1.82, 2.24) is 4.90 Å². The Labute approximate surface area is 250 Å². The van der Waals surface area contributed by atoms with Gasteiger partial charge in [-0.05, 0) is 51.5 Å². The van der Waals surface area contributed by atoms with Crippen LogP contribution < -0.4 is 18.5 Å². The van der Waals surface area contributed by atoms with Crippen LogP contribution in [0.15, 0.2) is 24.3 Å². The molecule has 0 bridgehead atoms. The maximum absolute atomic E-state index is 12.6. The van der Waals surface area contributed by atoms with Crippen LogP contribution in [0.2, 0.25) is 10.0 Å². The molecule has 0 atom stereocenters. The van der Waals surface area contributed by atoms with Crippen LogP contribution in [-0.2, 0) is 7.81 Å². The topological polar surface area (TPSA) is 178 Å². The van der Waals surface area contributed by atoms with Crippen LogP contribution in [0.4, 0.5) is 16.2 Å². The van der Waals surface area contributed by atoms with E-state index in [0.717, 1.165) is 6.07 Å². The summed E-state index contributed by atoms with van der Waals surface area (Å²) in [6.45, 7) is 6.87. The van der Waals surface area contributed by atoms with Crippen molar-refractivity contribution in [2.45, 2.75) is 33.3 Å². The Morgan fingerprint density at radius 1 is 1.12 bits per heavy atom. The van der Waals surface area contributed by atoms with Crippen LogP contribution in [-0.4, -0.2) is 53.7 Å². The van der Waals surface area contributed by atoms with Crippen molar-refractivity contribution in [3.05, 3.63) is 60.8 Å².